The van der Waals surface area contributed by atoms with E-state index in [-0.39, 0.29) is 12.5 Å². The fraction of sp³-hybridized carbons (Fsp3) is 0.125. The Morgan fingerprint density at radius 3 is 2.58 bits per heavy atom. The third-order valence-corrected chi connectivity index (χ3v) is 3.09. The first-order chi connectivity index (χ1) is 11.5. The van der Waals surface area contributed by atoms with Crippen LogP contribution in [0.5, 0.6) is 5.75 Å². The SMILES string of the molecule is Cc1ccc(NCC(=O)NN=Cc2ccc([N+](=O)[O-])c([O-])c2)cc1. The lowest BCUT2D eigenvalue weighted by molar-refractivity contribution is -0.398. The highest BCUT2D eigenvalue weighted by molar-refractivity contribution is 5.84. The first kappa shape index (κ1) is 16.9. The van der Waals surface area contributed by atoms with Gasteiger partial charge in [-0.15, -0.1) is 0 Å². The van der Waals surface area contributed by atoms with E-state index >= 15 is 0 Å². The number of rotatable bonds is 6. The summed E-state index contributed by atoms with van der Waals surface area (Å²) in [5.41, 5.74) is 4.09. The Hall–Kier alpha value is -3.42. The standard InChI is InChI=1S/C16H16N4O4/c1-11-2-5-13(6-3-11)17-10-16(22)19-18-9-12-4-7-14(20(23)24)15(21)8-12/h2-9,17,21H,10H2,1H3,(H,19,22)/p-1. The van der Waals surface area contributed by atoms with Crippen LogP contribution in [0, 0.1) is 17.0 Å². The Kier molecular flexibility index (Phi) is 5.45. The van der Waals surface area contributed by atoms with E-state index in [1.165, 1.54) is 12.3 Å². The average molecular weight is 327 g/mol. The number of nitrogens with zero attached hydrogens (tertiary/aromatic N) is 2. The molecule has 0 fully saturated rings. The van der Waals surface area contributed by atoms with E-state index in [2.05, 4.69) is 15.8 Å². The normalized spacial score (nSPS) is 10.5. The lowest BCUT2D eigenvalue weighted by atomic mass is 10.2. The first-order valence-electron chi connectivity index (χ1n) is 7.03. The predicted molar refractivity (Wildman–Crippen MR) is 87.9 cm³/mol. The van der Waals surface area contributed by atoms with E-state index in [4.69, 9.17) is 0 Å². The fourth-order valence-electron chi connectivity index (χ4n) is 1.83. The molecular formula is C16H15N4O4-. The maximum atomic E-state index is 11.6. The Balaban J connectivity index is 1.84. The number of benzene rings is 2. The van der Waals surface area contributed by atoms with Crippen LogP contribution in [-0.2, 0) is 4.79 Å². The molecule has 0 aliphatic rings. The molecule has 0 spiro atoms. The van der Waals surface area contributed by atoms with Crippen LogP contribution in [0.1, 0.15) is 11.1 Å². The highest BCUT2D eigenvalue weighted by Crippen LogP contribution is 2.22. The average Bonchev–Trinajstić information content (AvgIpc) is 2.54. The van der Waals surface area contributed by atoms with Gasteiger partial charge in [-0.2, -0.15) is 5.10 Å². The van der Waals surface area contributed by atoms with E-state index < -0.39 is 16.4 Å². The second-order valence-electron chi connectivity index (χ2n) is 5.00. The number of anilines is 1. The molecule has 0 bridgehead atoms. The lowest BCUT2D eigenvalue weighted by Gasteiger charge is -2.07. The van der Waals surface area contributed by atoms with E-state index in [1.54, 1.807) is 0 Å². The molecule has 0 unspecified atom stereocenters. The van der Waals surface area contributed by atoms with Crippen molar-refractivity contribution >= 4 is 23.5 Å². The molecule has 0 radical (unpaired) electrons. The number of hydrazone groups is 1. The van der Waals surface area contributed by atoms with Crippen LogP contribution in [0.15, 0.2) is 47.6 Å². The number of hydrogen-bond acceptors (Lipinski definition) is 6. The van der Waals surface area contributed by atoms with Gasteiger partial charge in [0.15, 0.2) is 0 Å². The lowest BCUT2D eigenvalue weighted by Crippen LogP contribution is -2.25. The van der Waals surface area contributed by atoms with Crippen molar-refractivity contribution in [1.82, 2.24) is 5.43 Å². The molecule has 8 heteroatoms. The van der Waals surface area contributed by atoms with Crippen molar-refractivity contribution < 1.29 is 14.8 Å². The van der Waals surface area contributed by atoms with Crippen molar-refractivity contribution in [1.29, 1.82) is 0 Å². The van der Waals surface area contributed by atoms with Gasteiger partial charge in [0.05, 0.1) is 17.7 Å². The predicted octanol–water partition coefficient (Wildman–Crippen LogP) is 1.54. The third kappa shape index (κ3) is 4.80. The van der Waals surface area contributed by atoms with Crippen LogP contribution in [0.2, 0.25) is 0 Å². The highest BCUT2D eigenvalue weighted by Gasteiger charge is 2.06. The largest absolute Gasteiger partial charge is 0.868 e. The molecule has 0 atom stereocenters. The second kappa shape index (κ2) is 7.73. The molecule has 124 valence electrons. The number of carbonyl (C=O) groups excluding carboxylic acids is 1. The Bertz CT molecular complexity index is 772. The molecule has 2 aromatic rings. The van der Waals surface area contributed by atoms with Crippen molar-refractivity contribution in [3.05, 3.63) is 63.7 Å². The van der Waals surface area contributed by atoms with Crippen LogP contribution >= 0.6 is 0 Å². The van der Waals surface area contributed by atoms with E-state index in [1.807, 2.05) is 31.2 Å². The Labute approximate surface area is 138 Å². The van der Waals surface area contributed by atoms with Crippen molar-refractivity contribution in [2.75, 3.05) is 11.9 Å². The third-order valence-electron chi connectivity index (χ3n) is 3.09. The molecule has 2 aromatic carbocycles. The summed E-state index contributed by atoms with van der Waals surface area (Å²) in [6.45, 7) is 2.00. The van der Waals surface area contributed by atoms with Crippen molar-refractivity contribution in [3.63, 3.8) is 0 Å². The Morgan fingerprint density at radius 1 is 1.25 bits per heavy atom. The molecule has 0 aromatic heterocycles. The molecule has 0 heterocycles. The molecule has 1 amide bonds. The monoisotopic (exact) mass is 327 g/mol. The smallest absolute Gasteiger partial charge is 0.261 e. The first-order valence-corrected chi connectivity index (χ1v) is 7.03. The maximum absolute atomic E-state index is 11.6. The number of carbonyl (C=O) groups is 1. The molecule has 2 rings (SSSR count). The van der Waals surface area contributed by atoms with Crippen molar-refractivity contribution in [2.24, 2.45) is 5.10 Å². The number of nitro benzene ring substituents is 1. The molecule has 0 aliphatic carbocycles. The minimum absolute atomic E-state index is 0.0352. The van der Waals surface area contributed by atoms with Crippen LogP contribution in [-0.4, -0.2) is 23.6 Å². The minimum Gasteiger partial charge on any atom is -0.868 e. The zero-order valence-electron chi connectivity index (χ0n) is 12.9. The summed E-state index contributed by atoms with van der Waals surface area (Å²) in [5.74, 6) is -1.08. The quantitative estimate of drug-likeness (QED) is 0.474. The van der Waals surface area contributed by atoms with Crippen LogP contribution in [0.4, 0.5) is 11.4 Å². The molecule has 8 nitrogen and oxygen atoms in total. The van der Waals surface area contributed by atoms with Gasteiger partial charge in [-0.3, -0.25) is 14.9 Å². The van der Waals surface area contributed by atoms with Gasteiger partial charge in [-0.1, -0.05) is 23.8 Å². The van der Waals surface area contributed by atoms with Crippen LogP contribution in [0.3, 0.4) is 0 Å². The van der Waals surface area contributed by atoms with Gasteiger partial charge in [0.25, 0.3) is 11.6 Å². The second-order valence-corrected chi connectivity index (χ2v) is 5.00. The van der Waals surface area contributed by atoms with Crippen LogP contribution in [0.25, 0.3) is 0 Å². The summed E-state index contributed by atoms with van der Waals surface area (Å²) in [7, 11) is 0. The zero-order chi connectivity index (χ0) is 17.5. The highest BCUT2D eigenvalue weighted by atomic mass is 16.6. The molecule has 0 aliphatic heterocycles. The number of aryl methyl sites for hydroxylation is 1. The topological polar surface area (TPSA) is 120 Å². The van der Waals surface area contributed by atoms with Crippen LogP contribution < -0.4 is 15.8 Å². The summed E-state index contributed by atoms with van der Waals surface area (Å²) < 4.78 is 0. The molecule has 0 saturated heterocycles. The summed E-state index contributed by atoms with van der Waals surface area (Å²) in [6.07, 6.45) is 1.24. The number of nitro groups is 1. The van der Waals surface area contributed by atoms with Gasteiger partial charge >= 0.3 is 0 Å². The molecule has 0 saturated carbocycles. The minimum atomic E-state index is -0.748. The summed E-state index contributed by atoms with van der Waals surface area (Å²) in [6, 6.07) is 11.1. The van der Waals surface area contributed by atoms with Gasteiger partial charge in [-0.05, 0) is 36.4 Å². The fourth-order valence-corrected chi connectivity index (χ4v) is 1.83. The van der Waals surface area contributed by atoms with Crippen molar-refractivity contribution in [3.8, 4) is 5.75 Å². The maximum Gasteiger partial charge on any atom is 0.261 e. The zero-order valence-corrected chi connectivity index (χ0v) is 12.9. The summed E-state index contributed by atoms with van der Waals surface area (Å²) in [4.78, 5) is 21.4. The molecular weight excluding hydrogens is 312 g/mol. The van der Waals surface area contributed by atoms with Gasteiger partial charge in [-0.25, -0.2) is 5.43 Å². The van der Waals surface area contributed by atoms with E-state index in [9.17, 15) is 20.0 Å². The van der Waals surface area contributed by atoms with E-state index in [0.29, 0.717) is 5.56 Å². The van der Waals surface area contributed by atoms with Gasteiger partial charge in [0.1, 0.15) is 0 Å². The number of nitrogens with one attached hydrogen (secondary N) is 2. The van der Waals surface area contributed by atoms with Crippen molar-refractivity contribution in [2.45, 2.75) is 6.92 Å². The van der Waals surface area contributed by atoms with Gasteiger partial charge in [0.2, 0.25) is 0 Å². The number of amides is 1. The summed E-state index contributed by atoms with van der Waals surface area (Å²) >= 11 is 0. The summed E-state index contributed by atoms with van der Waals surface area (Å²) in [5, 5.41) is 28.7. The molecule has 24 heavy (non-hydrogen) atoms. The number of hydrogen-bond donors (Lipinski definition) is 2. The van der Waals surface area contributed by atoms with E-state index in [0.717, 1.165) is 23.4 Å². The van der Waals surface area contributed by atoms with Gasteiger partial charge < -0.3 is 10.4 Å². The molecule has 2 N–H and O–H groups in total. The Morgan fingerprint density at radius 2 is 1.96 bits per heavy atom. The van der Waals surface area contributed by atoms with Gasteiger partial charge in [0, 0.05) is 11.8 Å².